The maximum Gasteiger partial charge on any atom is 0.286 e. The zero-order chi connectivity index (χ0) is 26.0. The molecule has 3 heterocycles. The topological polar surface area (TPSA) is 60.3 Å². The first-order chi connectivity index (χ1) is 17.1. The first kappa shape index (κ1) is 27.4. The summed E-state index contributed by atoms with van der Waals surface area (Å²) in [6, 6.07) is 0.834. The van der Waals surface area contributed by atoms with Crippen LogP contribution in [0.2, 0.25) is 0 Å². The number of hydrogen-bond donors (Lipinski definition) is 1. The van der Waals surface area contributed by atoms with Gasteiger partial charge in [-0.1, -0.05) is 38.0 Å². The van der Waals surface area contributed by atoms with Crippen LogP contribution in [0.4, 0.5) is 18.9 Å². The van der Waals surface area contributed by atoms with Crippen LogP contribution in [-0.2, 0) is 16.1 Å². The fourth-order valence-corrected chi connectivity index (χ4v) is 7.40. The number of amides is 1. The van der Waals surface area contributed by atoms with E-state index >= 15 is 0 Å². The molecule has 3 fully saturated rings. The number of carbonyl (C=O) groups is 1. The number of hydrogen-bond acceptors (Lipinski definition) is 4. The molecule has 0 spiro atoms. The molecule has 1 aromatic heterocycles. The summed E-state index contributed by atoms with van der Waals surface area (Å²) in [5.74, 6) is 6.49. The summed E-state index contributed by atoms with van der Waals surface area (Å²) in [4.78, 5) is 24.5. The van der Waals surface area contributed by atoms with Gasteiger partial charge in [-0.15, -0.1) is 23.4 Å². The highest BCUT2D eigenvalue weighted by Gasteiger charge is 2.38. The van der Waals surface area contributed by atoms with Gasteiger partial charge in [-0.05, 0) is 43.9 Å². The van der Waals surface area contributed by atoms with Crippen LogP contribution in [0.5, 0.6) is 0 Å². The Morgan fingerprint density at radius 3 is 2.69 bits per heavy atom. The van der Waals surface area contributed by atoms with E-state index in [0.717, 1.165) is 36.9 Å². The first-order valence-electron chi connectivity index (χ1n) is 12.6. The number of nitrogens with zero attached hydrogens (tertiary/aromatic N) is 1. The summed E-state index contributed by atoms with van der Waals surface area (Å²) >= 11 is 7.77. The van der Waals surface area contributed by atoms with Crippen molar-refractivity contribution >= 4 is 35.0 Å². The van der Waals surface area contributed by atoms with Crippen molar-refractivity contribution in [1.29, 1.82) is 0 Å². The molecule has 1 saturated carbocycles. The van der Waals surface area contributed by atoms with Gasteiger partial charge in [-0.2, -0.15) is 0 Å². The highest BCUT2D eigenvalue weighted by atomic mass is 35.5. The largest absolute Gasteiger partial charge is 0.362 e. The highest BCUT2D eigenvalue weighted by molar-refractivity contribution is 8.02. The summed E-state index contributed by atoms with van der Waals surface area (Å²) in [7, 11) is 0. The van der Waals surface area contributed by atoms with Gasteiger partial charge >= 0.3 is 0 Å². The Bertz CT molecular complexity index is 1070. The van der Waals surface area contributed by atoms with Crippen molar-refractivity contribution < 1.29 is 22.7 Å². The van der Waals surface area contributed by atoms with Gasteiger partial charge in [0.25, 0.3) is 12.0 Å². The molecule has 1 aromatic rings. The predicted molar refractivity (Wildman–Crippen MR) is 136 cm³/mol. The number of carbonyl (C=O) groups excluding carboxylic acids is 1. The number of pyridine rings is 1. The quantitative estimate of drug-likeness (QED) is 0.401. The molecule has 1 aliphatic carbocycles. The molecule has 5 nitrogen and oxygen atoms in total. The van der Waals surface area contributed by atoms with Crippen LogP contribution in [0.25, 0.3) is 0 Å². The highest BCUT2D eigenvalue weighted by Crippen LogP contribution is 2.43. The SMILES string of the molecule is CC1CC2CCCC2CC(C)C(C#CC2CC(C(=O)Nc3cc(F)c(=O)n(CC(F)F)c3)SC2Cl)O1. The number of nitrogens with one attached hydrogen (secondary N) is 1. The van der Waals surface area contributed by atoms with Gasteiger partial charge in [0.15, 0.2) is 5.82 Å². The first-order valence-corrected chi connectivity index (χ1v) is 13.9. The van der Waals surface area contributed by atoms with Crippen molar-refractivity contribution in [3.05, 3.63) is 28.4 Å². The van der Waals surface area contributed by atoms with E-state index in [1.807, 2.05) is 0 Å². The monoisotopic (exact) mass is 544 g/mol. The molecule has 2 saturated heterocycles. The second-order valence-electron chi connectivity index (χ2n) is 10.3. The number of aromatic nitrogens is 1. The van der Waals surface area contributed by atoms with E-state index in [-0.39, 0.29) is 23.8 Å². The predicted octanol–water partition coefficient (Wildman–Crippen LogP) is 5.50. The number of halogens is 4. The Hall–Kier alpha value is -1.63. The van der Waals surface area contributed by atoms with Crippen LogP contribution in [0, 0.1) is 41.3 Å². The van der Waals surface area contributed by atoms with Crippen molar-refractivity contribution in [3.8, 4) is 11.8 Å². The van der Waals surface area contributed by atoms with Crippen LogP contribution in [0.15, 0.2) is 17.1 Å². The van der Waals surface area contributed by atoms with Gasteiger partial charge in [0.05, 0.1) is 28.3 Å². The van der Waals surface area contributed by atoms with E-state index in [1.54, 1.807) is 0 Å². The smallest absolute Gasteiger partial charge is 0.286 e. The third-order valence-electron chi connectivity index (χ3n) is 7.45. The maximum atomic E-state index is 13.9. The third kappa shape index (κ3) is 6.62. The molecule has 3 aliphatic rings. The maximum absolute atomic E-state index is 13.9. The molecule has 36 heavy (non-hydrogen) atoms. The van der Waals surface area contributed by atoms with Gasteiger partial charge in [0.1, 0.15) is 6.10 Å². The lowest BCUT2D eigenvalue weighted by molar-refractivity contribution is -0.115. The van der Waals surface area contributed by atoms with E-state index < -0.39 is 40.2 Å². The summed E-state index contributed by atoms with van der Waals surface area (Å²) in [5, 5.41) is 1.98. The average molecular weight is 545 g/mol. The normalized spacial score (nSPS) is 34.4. The minimum atomic E-state index is -2.83. The molecular weight excluding hydrogens is 513 g/mol. The lowest BCUT2D eigenvalue weighted by Crippen LogP contribution is -2.32. The Morgan fingerprint density at radius 1 is 1.25 bits per heavy atom. The van der Waals surface area contributed by atoms with Gasteiger partial charge in [-0.3, -0.25) is 9.59 Å². The van der Waals surface area contributed by atoms with E-state index in [9.17, 15) is 22.8 Å². The standard InChI is InChI=1S/C26H32ClF3N2O3S/c1-14-8-16-4-3-5-17(16)9-15(2)35-21(14)7-6-18-10-22(36-24(18)27)25(33)31-19-11-20(28)26(34)32(12-19)13-23(29)30/h11-12,14-18,21-24H,3-5,8-10,13H2,1-2H3,(H,31,33). The van der Waals surface area contributed by atoms with Crippen LogP contribution < -0.4 is 10.9 Å². The molecular formula is C26H32ClF3N2O3S. The molecule has 4 rings (SSSR count). The lowest BCUT2D eigenvalue weighted by atomic mass is 9.81. The Morgan fingerprint density at radius 2 is 1.97 bits per heavy atom. The Kier molecular flexibility index (Phi) is 9.00. The van der Waals surface area contributed by atoms with Crippen LogP contribution in [0.3, 0.4) is 0 Å². The van der Waals surface area contributed by atoms with Crippen LogP contribution in [-0.4, -0.2) is 39.1 Å². The molecule has 2 aliphatic heterocycles. The molecule has 0 radical (unpaired) electrons. The summed E-state index contributed by atoms with van der Waals surface area (Å²) in [6.07, 6.45) is 4.60. The molecule has 10 heteroatoms. The average Bonchev–Trinajstić information content (AvgIpc) is 3.39. The van der Waals surface area contributed by atoms with Crippen molar-refractivity contribution in [1.82, 2.24) is 4.57 Å². The Balaban J connectivity index is 1.39. The number of ether oxygens (including phenoxy) is 1. The van der Waals surface area contributed by atoms with Gasteiger partial charge in [0, 0.05) is 18.2 Å². The zero-order valence-electron chi connectivity index (χ0n) is 20.4. The number of fused-ring (bicyclic) bond motifs is 1. The Labute approximate surface area is 218 Å². The van der Waals surface area contributed by atoms with Crippen molar-refractivity contribution in [2.24, 2.45) is 23.7 Å². The molecule has 1 amide bonds. The van der Waals surface area contributed by atoms with E-state index in [0.29, 0.717) is 16.9 Å². The summed E-state index contributed by atoms with van der Waals surface area (Å²) in [5.41, 5.74) is -1.22. The van der Waals surface area contributed by atoms with Crippen LogP contribution >= 0.6 is 23.4 Å². The van der Waals surface area contributed by atoms with E-state index in [2.05, 4.69) is 31.0 Å². The zero-order valence-corrected chi connectivity index (χ0v) is 22.0. The van der Waals surface area contributed by atoms with Gasteiger partial charge in [-0.25, -0.2) is 13.2 Å². The van der Waals surface area contributed by atoms with Crippen molar-refractivity contribution in [3.63, 3.8) is 0 Å². The molecule has 8 unspecified atom stereocenters. The van der Waals surface area contributed by atoms with Gasteiger partial charge in [0.2, 0.25) is 5.91 Å². The van der Waals surface area contributed by atoms with Crippen molar-refractivity contribution in [2.75, 3.05) is 5.32 Å². The number of alkyl halides is 3. The minimum Gasteiger partial charge on any atom is -0.362 e. The number of rotatable bonds is 4. The van der Waals surface area contributed by atoms with E-state index in [4.69, 9.17) is 16.3 Å². The number of anilines is 1. The summed E-state index contributed by atoms with van der Waals surface area (Å²) < 4.78 is 45.8. The second-order valence-corrected chi connectivity index (χ2v) is 12.4. The number of thioether (sulfide) groups is 1. The molecule has 0 aromatic carbocycles. The summed E-state index contributed by atoms with van der Waals surface area (Å²) in [6.45, 7) is 3.35. The molecule has 0 bridgehead atoms. The molecule has 1 N–H and O–H groups in total. The molecule has 198 valence electrons. The van der Waals surface area contributed by atoms with Gasteiger partial charge < -0.3 is 14.6 Å². The fourth-order valence-electron chi connectivity index (χ4n) is 5.68. The fraction of sp³-hybridized carbons (Fsp3) is 0.692. The van der Waals surface area contributed by atoms with Crippen LogP contribution in [0.1, 0.15) is 52.4 Å². The molecule has 8 atom stereocenters. The van der Waals surface area contributed by atoms with E-state index in [1.165, 1.54) is 31.0 Å². The minimum absolute atomic E-state index is 0.0602. The lowest BCUT2D eigenvalue weighted by Gasteiger charge is -2.33. The third-order valence-corrected chi connectivity index (χ3v) is 9.38. The van der Waals surface area contributed by atoms with Crippen molar-refractivity contribution in [2.45, 2.75) is 87.5 Å². The second kappa shape index (κ2) is 11.8.